The van der Waals surface area contributed by atoms with Gasteiger partial charge in [-0.25, -0.2) is 9.78 Å². The molecule has 1 saturated heterocycles. The van der Waals surface area contributed by atoms with E-state index in [0.717, 1.165) is 11.8 Å². The number of fused-ring (bicyclic) bond motifs is 1. The Labute approximate surface area is 238 Å². The highest BCUT2D eigenvalue weighted by Crippen LogP contribution is 2.38. The van der Waals surface area contributed by atoms with Crippen LogP contribution in [-0.2, 0) is 27.9 Å². The summed E-state index contributed by atoms with van der Waals surface area (Å²) in [4.78, 5) is 36.7. The first-order valence-electron chi connectivity index (χ1n) is 13.2. The zero-order chi connectivity index (χ0) is 29.3. The average Bonchev–Trinajstić information content (AvgIpc) is 3.48. The number of hydrogen-bond donors (Lipinski definition) is 2. The van der Waals surface area contributed by atoms with Crippen molar-refractivity contribution >= 4 is 48.3 Å². The van der Waals surface area contributed by atoms with Crippen LogP contribution >= 0.6 is 20.0 Å². The zero-order valence-corrected chi connectivity index (χ0v) is 25.3. The molecule has 3 heterocycles. The van der Waals surface area contributed by atoms with Crippen LogP contribution in [0.5, 0.6) is 5.88 Å². The molecular formula is C24H39N6O8PS. The van der Waals surface area contributed by atoms with E-state index in [9.17, 15) is 14.2 Å². The Morgan fingerprint density at radius 1 is 1.27 bits per heavy atom. The maximum Gasteiger partial charge on any atom is 0.407 e. The molecule has 0 spiro atoms. The van der Waals surface area contributed by atoms with E-state index in [1.165, 1.54) is 0 Å². The molecule has 3 N–H and O–H groups in total. The van der Waals surface area contributed by atoms with Crippen LogP contribution in [-0.4, -0.2) is 75.6 Å². The fourth-order valence-corrected chi connectivity index (χ4v) is 5.78. The summed E-state index contributed by atoms with van der Waals surface area (Å²) in [6.45, 7) is 10.4. The Bertz CT molecular complexity index is 1180. The lowest BCUT2D eigenvalue weighted by molar-refractivity contribution is -0.118. The first-order valence-corrected chi connectivity index (χ1v) is 15.4. The van der Waals surface area contributed by atoms with Gasteiger partial charge in [0.05, 0.1) is 38.9 Å². The number of nitrogens with zero attached hydrogens (tertiary/aromatic N) is 4. The third-order valence-corrected chi connectivity index (χ3v) is 8.21. The number of aromatic nitrogens is 4. The van der Waals surface area contributed by atoms with Gasteiger partial charge < -0.3 is 34.3 Å². The molecular weight excluding hydrogens is 563 g/mol. The maximum atomic E-state index is 12.5. The van der Waals surface area contributed by atoms with E-state index >= 15 is 0 Å². The maximum absolute atomic E-state index is 12.5. The molecule has 0 aliphatic carbocycles. The average molecular weight is 603 g/mol. The molecule has 0 aromatic carbocycles. The molecule has 4 atom stereocenters. The highest BCUT2D eigenvalue weighted by molar-refractivity contribution is 8.13. The smallest absolute Gasteiger partial charge is 0.407 e. The Morgan fingerprint density at radius 3 is 2.77 bits per heavy atom. The van der Waals surface area contributed by atoms with Crippen LogP contribution in [0.15, 0.2) is 6.33 Å². The second-order valence-corrected chi connectivity index (χ2v) is 12.0. The first-order chi connectivity index (χ1) is 19.1. The van der Waals surface area contributed by atoms with Crippen molar-refractivity contribution in [1.29, 1.82) is 0 Å². The Morgan fingerprint density at radius 2 is 2.05 bits per heavy atom. The van der Waals surface area contributed by atoms with Gasteiger partial charge >= 0.3 is 14.3 Å². The van der Waals surface area contributed by atoms with Crippen molar-refractivity contribution in [3.8, 4) is 5.88 Å². The molecule has 0 bridgehead atoms. The Kier molecular flexibility index (Phi) is 12.0. The number of hydrogen-bond acceptors (Lipinski definition) is 13. The van der Waals surface area contributed by atoms with E-state index in [2.05, 4.69) is 20.3 Å². The van der Waals surface area contributed by atoms with Crippen LogP contribution in [0, 0.1) is 11.3 Å². The van der Waals surface area contributed by atoms with Crippen molar-refractivity contribution in [3.05, 3.63) is 6.33 Å². The normalized spacial score (nSPS) is 20.0. The van der Waals surface area contributed by atoms with E-state index in [0.29, 0.717) is 48.8 Å². The van der Waals surface area contributed by atoms with Gasteiger partial charge in [0.15, 0.2) is 16.3 Å². The first kappa shape index (κ1) is 32.1. The van der Waals surface area contributed by atoms with Crippen LogP contribution in [0.25, 0.3) is 11.2 Å². The van der Waals surface area contributed by atoms with Gasteiger partial charge in [-0.05, 0) is 26.7 Å². The molecule has 14 nitrogen and oxygen atoms in total. The fraction of sp³-hybridized carbons (Fsp3) is 0.708. The molecule has 1 amide bonds. The summed E-state index contributed by atoms with van der Waals surface area (Å²) in [7, 11) is -2.77. The molecule has 1 aliphatic rings. The fourth-order valence-electron chi connectivity index (χ4n) is 4.11. The minimum Gasteiger partial charge on any atom is -0.476 e. The van der Waals surface area contributed by atoms with E-state index < -0.39 is 19.8 Å². The summed E-state index contributed by atoms with van der Waals surface area (Å²) in [5.74, 6) is 0.821. The lowest BCUT2D eigenvalue weighted by Crippen LogP contribution is -2.31. The number of amides is 1. The van der Waals surface area contributed by atoms with Crippen molar-refractivity contribution in [2.75, 3.05) is 44.5 Å². The molecule has 224 valence electrons. The number of anilines is 1. The van der Waals surface area contributed by atoms with Crippen molar-refractivity contribution in [3.63, 3.8) is 0 Å². The summed E-state index contributed by atoms with van der Waals surface area (Å²) >= 11 is 1.10. The minimum atomic E-state index is -2.77. The topological polar surface area (TPSA) is 179 Å². The number of alkyl carbamates (subject to hydrolysis) is 1. The molecule has 2 aromatic heterocycles. The van der Waals surface area contributed by atoms with Crippen LogP contribution in [0.1, 0.15) is 53.7 Å². The Balaban J connectivity index is 1.39. The van der Waals surface area contributed by atoms with Gasteiger partial charge in [0.2, 0.25) is 11.8 Å². The lowest BCUT2D eigenvalue weighted by Gasteiger charge is -2.22. The molecule has 1 unspecified atom stereocenters. The number of ether oxygens (including phenoxy) is 3. The third-order valence-electron chi connectivity index (χ3n) is 6.19. The van der Waals surface area contributed by atoms with Crippen molar-refractivity contribution in [1.82, 2.24) is 24.8 Å². The Hall–Kier alpha value is -2.45. The van der Waals surface area contributed by atoms with E-state index in [-0.39, 0.29) is 49.1 Å². The largest absolute Gasteiger partial charge is 0.476 e. The summed E-state index contributed by atoms with van der Waals surface area (Å²) in [6.07, 6.45) is 1.57. The number of nitrogens with one attached hydrogen (secondary N) is 1. The molecule has 2 aromatic rings. The number of carbonyl (C=O) groups is 2. The summed E-state index contributed by atoms with van der Waals surface area (Å²) in [5, 5.41) is 2.57. The predicted molar refractivity (Wildman–Crippen MR) is 150 cm³/mol. The predicted octanol–water partition coefficient (Wildman–Crippen LogP) is 3.58. The van der Waals surface area contributed by atoms with Crippen LogP contribution < -0.4 is 15.8 Å². The van der Waals surface area contributed by atoms with Gasteiger partial charge in [-0.1, -0.05) is 32.5 Å². The van der Waals surface area contributed by atoms with E-state index in [1.54, 1.807) is 17.8 Å². The van der Waals surface area contributed by atoms with E-state index in [4.69, 9.17) is 29.0 Å². The SMILES string of the molecule is CCOC(=O)NCCC(C)(C)C(=O)SCCO[PH](=O)OC[C@@H]1C[C@H](C)[C@H](n2cnc3c(OCC)nc(N)nc32)O1. The molecule has 0 saturated carbocycles. The van der Waals surface area contributed by atoms with Crippen molar-refractivity contribution in [2.45, 2.75) is 59.8 Å². The van der Waals surface area contributed by atoms with Gasteiger partial charge in [0.25, 0.3) is 0 Å². The summed E-state index contributed by atoms with van der Waals surface area (Å²) in [6, 6.07) is 0. The number of imidazole rings is 1. The number of rotatable bonds is 15. The van der Waals surface area contributed by atoms with Gasteiger partial charge in [-0.15, -0.1) is 0 Å². The van der Waals surface area contributed by atoms with Crippen LogP contribution in [0.2, 0.25) is 0 Å². The summed E-state index contributed by atoms with van der Waals surface area (Å²) < 4.78 is 41.3. The van der Waals surface area contributed by atoms with Crippen LogP contribution in [0.3, 0.4) is 0 Å². The number of thioether (sulfide) groups is 1. The summed E-state index contributed by atoms with van der Waals surface area (Å²) in [5.41, 5.74) is 6.22. The minimum absolute atomic E-state index is 0.0471. The second-order valence-electron chi connectivity index (χ2n) is 9.83. The molecule has 3 rings (SSSR count). The van der Waals surface area contributed by atoms with Crippen molar-refractivity contribution < 1.29 is 37.4 Å². The third kappa shape index (κ3) is 8.77. The molecule has 0 radical (unpaired) electrons. The molecule has 16 heteroatoms. The van der Waals surface area contributed by atoms with Gasteiger partial charge in [0.1, 0.15) is 6.23 Å². The van der Waals surface area contributed by atoms with Crippen molar-refractivity contribution in [2.24, 2.45) is 11.3 Å². The van der Waals surface area contributed by atoms with Gasteiger partial charge in [-0.3, -0.25) is 13.9 Å². The van der Waals surface area contributed by atoms with Crippen LogP contribution in [0.4, 0.5) is 10.7 Å². The standard InChI is InChI=1S/C24H39N6O8PS/c1-6-34-19-17-18(28-22(25)29-19)30(14-27-17)20-15(3)12-16(38-20)13-37-39(33)36-10-11-40-21(31)24(4,5)8-9-26-23(32)35-7-2/h14-16,20,39H,6-13H2,1-5H3,(H,26,32)(H2,25,28,29)/t15-,16-,20+/m0/s1. The molecule has 1 aliphatic heterocycles. The number of nitrogen functional groups attached to an aromatic ring is 1. The molecule has 40 heavy (non-hydrogen) atoms. The quantitative estimate of drug-likeness (QED) is 0.223. The number of carbonyl (C=O) groups excluding carboxylic acids is 2. The van der Waals surface area contributed by atoms with Gasteiger partial charge in [0, 0.05) is 23.6 Å². The van der Waals surface area contributed by atoms with E-state index in [1.807, 2.05) is 27.7 Å². The second kappa shape index (κ2) is 15.0. The number of nitrogens with two attached hydrogens (primary N) is 1. The lowest BCUT2D eigenvalue weighted by atomic mass is 9.91. The monoisotopic (exact) mass is 602 g/mol. The zero-order valence-electron chi connectivity index (χ0n) is 23.5. The highest BCUT2D eigenvalue weighted by Gasteiger charge is 2.35. The highest BCUT2D eigenvalue weighted by atomic mass is 32.2. The van der Waals surface area contributed by atoms with Gasteiger partial charge in [-0.2, -0.15) is 9.97 Å². The molecule has 1 fully saturated rings.